The summed E-state index contributed by atoms with van der Waals surface area (Å²) in [6, 6.07) is 8.23. The fourth-order valence-corrected chi connectivity index (χ4v) is 2.84. The maximum absolute atomic E-state index is 11.9. The fourth-order valence-electron chi connectivity index (χ4n) is 1.76. The van der Waals surface area contributed by atoms with Crippen LogP contribution in [-0.4, -0.2) is 19.6 Å². The molecule has 0 aliphatic rings. The molecule has 0 saturated heterocycles. The van der Waals surface area contributed by atoms with E-state index >= 15 is 0 Å². The molecule has 106 valence electrons. The van der Waals surface area contributed by atoms with Crippen LogP contribution in [-0.2, 0) is 9.84 Å². The van der Waals surface area contributed by atoms with E-state index in [2.05, 4.69) is 6.92 Å². The molecule has 3 nitrogen and oxygen atoms in total. The van der Waals surface area contributed by atoms with Gasteiger partial charge in [-0.1, -0.05) is 50.8 Å². The van der Waals surface area contributed by atoms with Gasteiger partial charge in [-0.3, -0.25) is 0 Å². The number of aliphatic hydroxyl groups excluding tert-OH is 1. The van der Waals surface area contributed by atoms with Gasteiger partial charge in [0, 0.05) is 5.41 Å². The number of unbranched alkanes of at least 4 members (excludes halogenated alkanes) is 3. The molecule has 0 unspecified atom stereocenters. The molecule has 0 aliphatic carbocycles. The molecule has 0 radical (unpaired) electrons. The monoisotopic (exact) mass is 282 g/mol. The van der Waals surface area contributed by atoms with Crippen LogP contribution in [0.1, 0.15) is 39.0 Å². The summed E-state index contributed by atoms with van der Waals surface area (Å²) in [6.07, 6.45) is 5.59. The maximum Gasteiger partial charge on any atom is 0.199 e. The van der Waals surface area contributed by atoms with Gasteiger partial charge in [0.05, 0.1) is 11.0 Å². The summed E-state index contributed by atoms with van der Waals surface area (Å²) in [5, 5.41) is 10.8. The zero-order chi connectivity index (χ0) is 14.1. The summed E-state index contributed by atoms with van der Waals surface area (Å²) in [5.74, 6) is 0. The van der Waals surface area contributed by atoms with Gasteiger partial charge in [0.2, 0.25) is 0 Å². The van der Waals surface area contributed by atoms with Crippen LogP contribution >= 0.6 is 0 Å². The number of aliphatic hydroxyl groups is 1. The first-order valence-electron chi connectivity index (χ1n) is 6.72. The summed E-state index contributed by atoms with van der Waals surface area (Å²) < 4.78 is 23.8. The van der Waals surface area contributed by atoms with Gasteiger partial charge < -0.3 is 5.11 Å². The quantitative estimate of drug-likeness (QED) is 0.744. The number of benzene rings is 1. The van der Waals surface area contributed by atoms with E-state index in [1.54, 1.807) is 30.3 Å². The van der Waals surface area contributed by atoms with Crippen molar-refractivity contribution in [3.05, 3.63) is 41.8 Å². The molecule has 1 aromatic carbocycles. The topological polar surface area (TPSA) is 54.4 Å². The summed E-state index contributed by atoms with van der Waals surface area (Å²) in [6.45, 7) is 2.13. The molecule has 0 heterocycles. The predicted molar refractivity (Wildman–Crippen MR) is 77.5 cm³/mol. The van der Waals surface area contributed by atoms with Crippen LogP contribution in [0.15, 0.2) is 46.7 Å². The minimum Gasteiger partial charge on any atom is -0.389 e. The Kier molecular flexibility index (Phi) is 6.81. The Balaban J connectivity index is 2.51. The molecule has 1 rings (SSSR count). The number of sulfone groups is 1. The number of hydrogen-bond donors (Lipinski definition) is 1. The van der Waals surface area contributed by atoms with Crippen molar-refractivity contribution in [1.29, 1.82) is 0 Å². The Hall–Kier alpha value is -1.13. The average molecular weight is 282 g/mol. The van der Waals surface area contributed by atoms with Crippen LogP contribution in [0.2, 0.25) is 0 Å². The molecule has 1 aromatic rings. The molecule has 4 heteroatoms. The van der Waals surface area contributed by atoms with Crippen molar-refractivity contribution in [3.8, 4) is 0 Å². The number of hydrogen-bond acceptors (Lipinski definition) is 3. The average Bonchev–Trinajstić information content (AvgIpc) is 2.42. The second-order valence-corrected chi connectivity index (χ2v) is 6.44. The van der Waals surface area contributed by atoms with Crippen molar-refractivity contribution < 1.29 is 13.5 Å². The maximum atomic E-state index is 11.9. The minimum absolute atomic E-state index is 0.254. The Morgan fingerprint density at radius 3 is 2.47 bits per heavy atom. The van der Waals surface area contributed by atoms with Crippen LogP contribution in [0.5, 0.6) is 0 Å². The summed E-state index contributed by atoms with van der Waals surface area (Å²) >= 11 is 0. The lowest BCUT2D eigenvalue weighted by atomic mass is 10.1. The summed E-state index contributed by atoms with van der Waals surface area (Å²) in [4.78, 5) is 0.254. The molecule has 0 amide bonds. The molecule has 1 N–H and O–H groups in total. The second kappa shape index (κ2) is 8.12. The summed E-state index contributed by atoms with van der Waals surface area (Å²) in [5.41, 5.74) is 0. The molecule has 0 aliphatic heterocycles. The second-order valence-electron chi connectivity index (χ2n) is 4.60. The molecule has 0 aromatic heterocycles. The van der Waals surface area contributed by atoms with Crippen molar-refractivity contribution in [1.82, 2.24) is 0 Å². The highest BCUT2D eigenvalue weighted by atomic mass is 32.2. The first-order valence-corrected chi connectivity index (χ1v) is 8.27. The minimum atomic E-state index is -3.43. The molecular weight excluding hydrogens is 260 g/mol. The highest BCUT2D eigenvalue weighted by molar-refractivity contribution is 7.94. The zero-order valence-corrected chi connectivity index (χ0v) is 12.1. The first-order chi connectivity index (χ1) is 9.06. The van der Waals surface area contributed by atoms with E-state index in [0.717, 1.165) is 31.1 Å². The van der Waals surface area contributed by atoms with E-state index in [1.807, 2.05) is 0 Å². The van der Waals surface area contributed by atoms with E-state index in [4.69, 9.17) is 0 Å². The van der Waals surface area contributed by atoms with Crippen molar-refractivity contribution >= 4 is 9.84 Å². The fraction of sp³-hybridized carbons (Fsp3) is 0.467. The van der Waals surface area contributed by atoms with Gasteiger partial charge in [0.25, 0.3) is 0 Å². The first kappa shape index (κ1) is 15.9. The lowest BCUT2D eigenvalue weighted by Crippen LogP contribution is -2.04. The van der Waals surface area contributed by atoms with Crippen LogP contribution in [0.25, 0.3) is 0 Å². The van der Waals surface area contributed by atoms with Crippen LogP contribution in [0.4, 0.5) is 0 Å². The van der Waals surface area contributed by atoms with Crippen molar-refractivity contribution in [2.45, 2.75) is 50.0 Å². The molecule has 0 bridgehead atoms. The van der Waals surface area contributed by atoms with E-state index < -0.39 is 15.9 Å². The lowest BCUT2D eigenvalue weighted by Gasteiger charge is -2.05. The van der Waals surface area contributed by atoms with Gasteiger partial charge in [0.15, 0.2) is 9.84 Å². The van der Waals surface area contributed by atoms with E-state index in [0.29, 0.717) is 6.42 Å². The Morgan fingerprint density at radius 2 is 1.84 bits per heavy atom. The zero-order valence-electron chi connectivity index (χ0n) is 11.3. The Bertz CT molecular complexity index is 477. The molecule has 0 fully saturated rings. The van der Waals surface area contributed by atoms with Gasteiger partial charge in [0.1, 0.15) is 0 Å². The Labute approximate surface area is 115 Å². The van der Waals surface area contributed by atoms with E-state index in [9.17, 15) is 13.5 Å². The smallest absolute Gasteiger partial charge is 0.199 e. The molecule has 0 saturated carbocycles. The van der Waals surface area contributed by atoms with Gasteiger partial charge in [-0.25, -0.2) is 8.42 Å². The van der Waals surface area contributed by atoms with E-state index in [-0.39, 0.29) is 4.90 Å². The standard InChI is InChI=1S/C15H22O3S/c1-2-3-4-6-9-14(16)12-13-19(17,18)15-10-7-5-8-11-15/h5,7-8,10-14,16H,2-4,6,9H2,1H3/b13-12+/t14-/m0/s1. The third-order valence-electron chi connectivity index (χ3n) is 2.91. The summed E-state index contributed by atoms with van der Waals surface area (Å²) in [7, 11) is -3.43. The van der Waals surface area contributed by atoms with E-state index in [1.165, 1.54) is 6.08 Å². The third-order valence-corrected chi connectivity index (χ3v) is 4.35. The van der Waals surface area contributed by atoms with Gasteiger partial charge >= 0.3 is 0 Å². The van der Waals surface area contributed by atoms with Gasteiger partial charge in [-0.2, -0.15) is 0 Å². The SMILES string of the molecule is CCCCCC[C@H](O)/C=C/S(=O)(=O)c1ccccc1. The highest BCUT2D eigenvalue weighted by Crippen LogP contribution is 2.13. The lowest BCUT2D eigenvalue weighted by molar-refractivity contribution is 0.208. The predicted octanol–water partition coefficient (Wildman–Crippen LogP) is 3.31. The molecule has 1 atom stereocenters. The molecule has 0 spiro atoms. The largest absolute Gasteiger partial charge is 0.389 e. The Morgan fingerprint density at radius 1 is 1.16 bits per heavy atom. The number of rotatable bonds is 8. The molecule has 19 heavy (non-hydrogen) atoms. The van der Waals surface area contributed by atoms with Crippen molar-refractivity contribution in [2.24, 2.45) is 0 Å². The van der Waals surface area contributed by atoms with Crippen LogP contribution in [0.3, 0.4) is 0 Å². The van der Waals surface area contributed by atoms with Crippen LogP contribution in [0, 0.1) is 0 Å². The molecular formula is C15H22O3S. The van der Waals surface area contributed by atoms with Crippen molar-refractivity contribution in [3.63, 3.8) is 0 Å². The van der Waals surface area contributed by atoms with Gasteiger partial charge in [-0.05, 0) is 24.6 Å². The third kappa shape index (κ3) is 6.03. The normalized spacial score (nSPS) is 13.8. The van der Waals surface area contributed by atoms with Crippen LogP contribution < -0.4 is 0 Å². The highest BCUT2D eigenvalue weighted by Gasteiger charge is 2.10. The van der Waals surface area contributed by atoms with Crippen molar-refractivity contribution in [2.75, 3.05) is 0 Å². The van der Waals surface area contributed by atoms with Gasteiger partial charge in [-0.15, -0.1) is 0 Å².